The minimum absolute atomic E-state index is 0.210. The fourth-order valence-corrected chi connectivity index (χ4v) is 4.34. The lowest BCUT2D eigenvalue weighted by atomic mass is 10.0. The van der Waals surface area contributed by atoms with E-state index in [1.54, 1.807) is 11.1 Å². The monoisotopic (exact) mass is 423 g/mol. The molecular formula is C22H22ClN5O2. The SMILES string of the molecule is COC(=O)N1CCC(n2cc(-c3cncc(N)c3Cl)c3cc(C#N)c(C)cc32)CC1. The fourth-order valence-electron chi connectivity index (χ4n) is 4.14. The van der Waals surface area contributed by atoms with Crippen molar-refractivity contribution in [2.45, 2.75) is 25.8 Å². The molecule has 1 aliphatic heterocycles. The second kappa shape index (κ2) is 7.88. The Labute approximate surface area is 179 Å². The van der Waals surface area contributed by atoms with Gasteiger partial charge in [-0.2, -0.15) is 5.26 Å². The van der Waals surface area contributed by atoms with Crippen LogP contribution < -0.4 is 5.73 Å². The van der Waals surface area contributed by atoms with Crippen molar-refractivity contribution in [3.8, 4) is 17.2 Å². The van der Waals surface area contributed by atoms with Crippen molar-refractivity contribution in [3.63, 3.8) is 0 Å². The van der Waals surface area contributed by atoms with Crippen molar-refractivity contribution < 1.29 is 9.53 Å². The van der Waals surface area contributed by atoms with E-state index in [-0.39, 0.29) is 12.1 Å². The van der Waals surface area contributed by atoms with Gasteiger partial charge in [-0.05, 0) is 37.5 Å². The third-order valence-corrected chi connectivity index (χ3v) is 6.21. The van der Waals surface area contributed by atoms with Gasteiger partial charge in [0, 0.05) is 53.6 Å². The van der Waals surface area contributed by atoms with Gasteiger partial charge in [-0.1, -0.05) is 11.6 Å². The number of nitrogens with zero attached hydrogens (tertiary/aromatic N) is 4. The standard InChI is InChI=1S/C22H22ClN5O2/c1-13-7-20-16(8-14(13)9-24)18(17-10-26-11-19(25)21(17)23)12-28(20)15-3-5-27(6-4-15)22(29)30-2/h7-8,10-12,15H,3-6,25H2,1-2H3. The number of fused-ring (bicyclic) bond motifs is 1. The predicted octanol–water partition coefficient (Wildman–Crippen LogP) is 4.52. The molecule has 1 saturated heterocycles. The number of halogens is 1. The van der Waals surface area contributed by atoms with Crippen LogP contribution >= 0.6 is 11.6 Å². The molecule has 3 heterocycles. The van der Waals surface area contributed by atoms with Gasteiger partial charge in [-0.3, -0.25) is 4.98 Å². The first kappa shape index (κ1) is 20.0. The van der Waals surface area contributed by atoms with E-state index in [0.29, 0.717) is 29.4 Å². The van der Waals surface area contributed by atoms with Crippen LogP contribution in [-0.4, -0.2) is 40.7 Å². The zero-order valence-electron chi connectivity index (χ0n) is 16.9. The molecule has 0 radical (unpaired) electrons. The van der Waals surface area contributed by atoms with Crippen LogP contribution in [0.25, 0.3) is 22.0 Å². The smallest absolute Gasteiger partial charge is 0.409 e. The van der Waals surface area contributed by atoms with Crippen LogP contribution in [0.4, 0.5) is 10.5 Å². The topological polar surface area (TPSA) is 97.2 Å². The van der Waals surface area contributed by atoms with Crippen molar-refractivity contribution in [3.05, 3.63) is 46.9 Å². The van der Waals surface area contributed by atoms with Crippen molar-refractivity contribution in [2.75, 3.05) is 25.9 Å². The van der Waals surface area contributed by atoms with Gasteiger partial charge in [0.1, 0.15) is 0 Å². The number of ether oxygens (including phenoxy) is 1. The van der Waals surface area contributed by atoms with E-state index in [2.05, 4.69) is 21.8 Å². The minimum Gasteiger partial charge on any atom is -0.453 e. The Bertz CT molecular complexity index is 1170. The highest BCUT2D eigenvalue weighted by atomic mass is 35.5. The maximum absolute atomic E-state index is 11.8. The summed E-state index contributed by atoms with van der Waals surface area (Å²) < 4.78 is 7.07. The van der Waals surface area contributed by atoms with Crippen LogP contribution in [0.3, 0.4) is 0 Å². The second-order valence-corrected chi connectivity index (χ2v) is 7.90. The van der Waals surface area contributed by atoms with E-state index in [1.165, 1.54) is 13.3 Å². The molecule has 8 heteroatoms. The van der Waals surface area contributed by atoms with Gasteiger partial charge < -0.3 is 19.9 Å². The van der Waals surface area contributed by atoms with Crippen LogP contribution in [-0.2, 0) is 4.74 Å². The number of likely N-dealkylation sites (tertiary alicyclic amines) is 1. The van der Waals surface area contributed by atoms with Crippen LogP contribution in [0, 0.1) is 18.3 Å². The van der Waals surface area contributed by atoms with E-state index in [0.717, 1.165) is 40.4 Å². The first-order valence-corrected chi connectivity index (χ1v) is 10.1. The Morgan fingerprint density at radius 3 is 2.70 bits per heavy atom. The Morgan fingerprint density at radius 2 is 2.03 bits per heavy atom. The number of hydrogen-bond acceptors (Lipinski definition) is 5. The molecular weight excluding hydrogens is 402 g/mol. The Hall–Kier alpha value is -3.24. The number of nitrogens with two attached hydrogens (primary N) is 1. The number of aryl methyl sites for hydroxylation is 1. The molecule has 1 fully saturated rings. The highest BCUT2D eigenvalue weighted by Crippen LogP contribution is 2.40. The van der Waals surface area contributed by atoms with Gasteiger partial charge in [0.15, 0.2) is 0 Å². The molecule has 1 aliphatic rings. The van der Waals surface area contributed by atoms with Gasteiger partial charge in [-0.25, -0.2) is 4.79 Å². The number of anilines is 1. The minimum atomic E-state index is -0.293. The number of rotatable bonds is 2. The van der Waals surface area contributed by atoms with E-state index in [9.17, 15) is 10.1 Å². The predicted molar refractivity (Wildman–Crippen MR) is 116 cm³/mol. The summed E-state index contributed by atoms with van der Waals surface area (Å²) in [6.45, 7) is 3.19. The lowest BCUT2D eigenvalue weighted by Crippen LogP contribution is -2.38. The first-order valence-electron chi connectivity index (χ1n) is 9.72. The number of amides is 1. The molecule has 2 N–H and O–H groups in total. The van der Waals surface area contributed by atoms with Gasteiger partial charge in [-0.15, -0.1) is 0 Å². The largest absolute Gasteiger partial charge is 0.453 e. The van der Waals surface area contributed by atoms with Crippen molar-refractivity contribution in [1.82, 2.24) is 14.5 Å². The summed E-state index contributed by atoms with van der Waals surface area (Å²) in [4.78, 5) is 17.8. The normalized spacial score (nSPS) is 14.7. The molecule has 154 valence electrons. The molecule has 0 spiro atoms. The van der Waals surface area contributed by atoms with Crippen LogP contribution in [0.5, 0.6) is 0 Å². The first-order chi connectivity index (χ1) is 14.4. The number of carbonyl (C=O) groups excluding carboxylic acids is 1. The Balaban J connectivity index is 1.83. The van der Waals surface area contributed by atoms with Crippen molar-refractivity contribution in [1.29, 1.82) is 5.26 Å². The highest BCUT2D eigenvalue weighted by Gasteiger charge is 2.26. The maximum Gasteiger partial charge on any atom is 0.409 e. The quantitative estimate of drug-likeness (QED) is 0.653. The van der Waals surface area contributed by atoms with Crippen LogP contribution in [0.15, 0.2) is 30.7 Å². The molecule has 3 aromatic rings. The number of pyridine rings is 1. The van der Waals surface area contributed by atoms with E-state index >= 15 is 0 Å². The number of benzene rings is 1. The summed E-state index contributed by atoms with van der Waals surface area (Å²) in [5.41, 5.74) is 10.6. The molecule has 1 aromatic carbocycles. The molecule has 0 unspecified atom stereocenters. The number of carbonyl (C=O) groups is 1. The van der Waals surface area contributed by atoms with Gasteiger partial charge in [0.25, 0.3) is 0 Å². The van der Waals surface area contributed by atoms with E-state index < -0.39 is 0 Å². The third kappa shape index (κ3) is 3.33. The zero-order chi connectivity index (χ0) is 21.4. The zero-order valence-corrected chi connectivity index (χ0v) is 17.6. The Morgan fingerprint density at radius 1 is 1.30 bits per heavy atom. The number of nitriles is 1. The summed E-state index contributed by atoms with van der Waals surface area (Å²) >= 11 is 6.50. The number of nitrogen functional groups attached to an aromatic ring is 1. The highest BCUT2D eigenvalue weighted by molar-refractivity contribution is 6.36. The average Bonchev–Trinajstić information content (AvgIpc) is 3.12. The fraction of sp³-hybridized carbons (Fsp3) is 0.318. The summed E-state index contributed by atoms with van der Waals surface area (Å²) in [6, 6.07) is 6.42. The second-order valence-electron chi connectivity index (χ2n) is 7.52. The van der Waals surface area contributed by atoms with Crippen LogP contribution in [0.1, 0.15) is 30.0 Å². The number of hydrogen-bond donors (Lipinski definition) is 1. The average molecular weight is 424 g/mol. The lowest BCUT2D eigenvalue weighted by molar-refractivity contribution is 0.107. The molecule has 4 rings (SSSR count). The molecule has 0 bridgehead atoms. The molecule has 30 heavy (non-hydrogen) atoms. The molecule has 0 atom stereocenters. The van der Waals surface area contributed by atoms with Gasteiger partial charge in [0.2, 0.25) is 0 Å². The number of methoxy groups -OCH3 is 1. The molecule has 0 aliphatic carbocycles. The van der Waals surface area contributed by atoms with Crippen LogP contribution in [0.2, 0.25) is 5.02 Å². The van der Waals surface area contributed by atoms with E-state index in [4.69, 9.17) is 22.1 Å². The van der Waals surface area contributed by atoms with Gasteiger partial charge in [0.05, 0.1) is 35.6 Å². The van der Waals surface area contributed by atoms with Crippen molar-refractivity contribution in [2.24, 2.45) is 0 Å². The maximum atomic E-state index is 11.8. The summed E-state index contributed by atoms with van der Waals surface area (Å²) in [5.74, 6) is 0. The number of piperidine rings is 1. The molecule has 2 aromatic heterocycles. The van der Waals surface area contributed by atoms with Gasteiger partial charge >= 0.3 is 6.09 Å². The Kier molecular flexibility index (Phi) is 5.27. The van der Waals surface area contributed by atoms with E-state index in [1.807, 2.05) is 19.1 Å². The molecule has 7 nitrogen and oxygen atoms in total. The summed E-state index contributed by atoms with van der Waals surface area (Å²) in [6.07, 6.45) is 6.60. The summed E-state index contributed by atoms with van der Waals surface area (Å²) in [7, 11) is 1.40. The summed E-state index contributed by atoms with van der Waals surface area (Å²) in [5, 5.41) is 10.9. The molecule has 0 saturated carbocycles. The molecule has 1 amide bonds. The van der Waals surface area contributed by atoms with Crippen molar-refractivity contribution >= 4 is 34.3 Å². The third-order valence-electron chi connectivity index (χ3n) is 5.79. The lowest BCUT2D eigenvalue weighted by Gasteiger charge is -2.32. The number of aromatic nitrogens is 2.